The summed E-state index contributed by atoms with van der Waals surface area (Å²) in [6.45, 7) is 2.77. The second-order valence-electron chi connectivity index (χ2n) is 3.67. The lowest BCUT2D eigenvalue weighted by Crippen LogP contribution is -2.03. The summed E-state index contributed by atoms with van der Waals surface area (Å²) in [6.07, 6.45) is 1.70. The van der Waals surface area contributed by atoms with Crippen LogP contribution in [-0.2, 0) is 0 Å². The van der Waals surface area contributed by atoms with E-state index in [2.05, 4.69) is 25.5 Å². The lowest BCUT2D eigenvalue weighted by Gasteiger charge is -2.03. The topological polar surface area (TPSA) is 63.6 Å². The van der Waals surface area contributed by atoms with Gasteiger partial charge >= 0.3 is 0 Å². The van der Waals surface area contributed by atoms with Crippen molar-refractivity contribution >= 4 is 27.9 Å². The van der Waals surface area contributed by atoms with Gasteiger partial charge in [-0.3, -0.25) is 4.98 Å². The van der Waals surface area contributed by atoms with E-state index < -0.39 is 0 Å². The maximum absolute atomic E-state index is 4.47. The van der Waals surface area contributed by atoms with E-state index in [1.807, 2.05) is 31.2 Å². The number of hydrogen-bond donors (Lipinski definition) is 1. The van der Waals surface area contributed by atoms with E-state index in [0.717, 1.165) is 23.0 Å². The van der Waals surface area contributed by atoms with Gasteiger partial charge in [-0.2, -0.15) is 0 Å². The zero-order valence-corrected chi connectivity index (χ0v) is 9.38. The highest BCUT2D eigenvalue weighted by atomic mass is 15.2. The molecule has 0 fully saturated rings. The van der Waals surface area contributed by atoms with Gasteiger partial charge in [0.15, 0.2) is 0 Å². The van der Waals surface area contributed by atoms with Gasteiger partial charge in [-0.25, -0.2) is 4.98 Å². The Balaban J connectivity index is 2.34. The minimum Gasteiger partial charge on any atom is -0.353 e. The molecule has 0 saturated heterocycles. The third-order valence-corrected chi connectivity index (χ3v) is 2.53. The summed E-state index contributed by atoms with van der Waals surface area (Å²) in [7, 11) is 0. The first-order chi connectivity index (χ1) is 8.38. The summed E-state index contributed by atoms with van der Waals surface area (Å²) in [5.74, 6) is 0.552. The number of fused-ring (bicyclic) bond motifs is 3. The summed E-state index contributed by atoms with van der Waals surface area (Å²) in [4.78, 5) is 8.79. The zero-order valence-electron chi connectivity index (χ0n) is 9.38. The number of anilines is 1. The molecule has 0 spiro atoms. The first kappa shape index (κ1) is 9.89. The van der Waals surface area contributed by atoms with Crippen LogP contribution in [0, 0.1) is 0 Å². The number of hydrogen-bond acceptors (Lipinski definition) is 5. The lowest BCUT2D eigenvalue weighted by atomic mass is 10.2. The minimum atomic E-state index is 0.552. The van der Waals surface area contributed by atoms with Gasteiger partial charge in [0.1, 0.15) is 11.0 Å². The van der Waals surface area contributed by atoms with Crippen molar-refractivity contribution in [2.24, 2.45) is 0 Å². The first-order valence-electron chi connectivity index (χ1n) is 5.50. The fraction of sp³-hybridized carbons (Fsp3) is 0.167. The van der Waals surface area contributed by atoms with Gasteiger partial charge in [0.2, 0.25) is 5.95 Å². The molecule has 0 radical (unpaired) electrons. The number of para-hydroxylation sites is 1. The standard InChI is InChI=1S/C12H11N5/c1-2-13-12-15-11-8-5-3-4-6-9(8)14-7-10(11)16-17-12/h3-7H,2H2,1H3,(H,13,15,17). The molecule has 0 aliphatic rings. The van der Waals surface area contributed by atoms with Crippen LogP contribution in [0.4, 0.5) is 5.95 Å². The Labute approximate surface area is 97.9 Å². The number of benzene rings is 1. The van der Waals surface area contributed by atoms with Crippen molar-refractivity contribution < 1.29 is 0 Å². The molecule has 1 aromatic carbocycles. The Morgan fingerprint density at radius 1 is 1.12 bits per heavy atom. The molecular weight excluding hydrogens is 214 g/mol. The molecule has 17 heavy (non-hydrogen) atoms. The van der Waals surface area contributed by atoms with E-state index in [-0.39, 0.29) is 0 Å². The number of aromatic nitrogens is 4. The average Bonchev–Trinajstić information content (AvgIpc) is 2.39. The van der Waals surface area contributed by atoms with Crippen LogP contribution in [0.25, 0.3) is 21.9 Å². The second kappa shape index (κ2) is 3.93. The molecular formula is C12H11N5. The van der Waals surface area contributed by atoms with E-state index in [1.54, 1.807) is 6.20 Å². The quantitative estimate of drug-likeness (QED) is 0.676. The predicted molar refractivity (Wildman–Crippen MR) is 66.8 cm³/mol. The van der Waals surface area contributed by atoms with Crippen LogP contribution in [0.2, 0.25) is 0 Å². The Morgan fingerprint density at radius 2 is 2.00 bits per heavy atom. The van der Waals surface area contributed by atoms with Crippen molar-refractivity contribution in [1.29, 1.82) is 0 Å². The highest BCUT2D eigenvalue weighted by Gasteiger charge is 2.05. The molecule has 0 aliphatic carbocycles. The molecule has 5 heteroatoms. The van der Waals surface area contributed by atoms with Crippen LogP contribution in [-0.4, -0.2) is 26.7 Å². The number of nitrogens with zero attached hydrogens (tertiary/aromatic N) is 4. The third-order valence-electron chi connectivity index (χ3n) is 2.53. The summed E-state index contributed by atoms with van der Waals surface area (Å²) < 4.78 is 0. The lowest BCUT2D eigenvalue weighted by molar-refractivity contribution is 0.997. The Bertz CT molecular complexity index is 680. The molecule has 0 aliphatic heterocycles. The van der Waals surface area contributed by atoms with E-state index in [4.69, 9.17) is 0 Å². The third kappa shape index (κ3) is 1.65. The highest BCUT2D eigenvalue weighted by Crippen LogP contribution is 2.20. The van der Waals surface area contributed by atoms with Gasteiger partial charge in [-0.15, -0.1) is 10.2 Å². The van der Waals surface area contributed by atoms with Gasteiger partial charge in [0.25, 0.3) is 0 Å². The van der Waals surface area contributed by atoms with Gasteiger partial charge < -0.3 is 5.32 Å². The van der Waals surface area contributed by atoms with Crippen LogP contribution < -0.4 is 5.32 Å². The fourth-order valence-corrected chi connectivity index (χ4v) is 1.77. The number of nitrogens with one attached hydrogen (secondary N) is 1. The molecule has 3 rings (SSSR count). The average molecular weight is 225 g/mol. The number of pyridine rings is 1. The first-order valence-corrected chi connectivity index (χ1v) is 5.50. The Kier molecular flexibility index (Phi) is 2.29. The molecule has 1 N–H and O–H groups in total. The van der Waals surface area contributed by atoms with Gasteiger partial charge in [0.05, 0.1) is 11.7 Å². The van der Waals surface area contributed by atoms with Gasteiger partial charge in [-0.1, -0.05) is 18.2 Å². The van der Waals surface area contributed by atoms with E-state index in [0.29, 0.717) is 11.5 Å². The second-order valence-corrected chi connectivity index (χ2v) is 3.67. The van der Waals surface area contributed by atoms with E-state index in [1.165, 1.54) is 0 Å². The van der Waals surface area contributed by atoms with Crippen molar-refractivity contribution in [3.05, 3.63) is 30.5 Å². The van der Waals surface area contributed by atoms with Gasteiger partial charge in [0, 0.05) is 11.9 Å². The van der Waals surface area contributed by atoms with Crippen molar-refractivity contribution in [3.63, 3.8) is 0 Å². The minimum absolute atomic E-state index is 0.552. The molecule has 2 heterocycles. The van der Waals surface area contributed by atoms with E-state index in [9.17, 15) is 0 Å². The molecule has 5 nitrogen and oxygen atoms in total. The monoisotopic (exact) mass is 225 g/mol. The maximum Gasteiger partial charge on any atom is 0.243 e. The van der Waals surface area contributed by atoms with Crippen molar-refractivity contribution in [2.45, 2.75) is 6.92 Å². The summed E-state index contributed by atoms with van der Waals surface area (Å²) in [5.41, 5.74) is 2.47. The molecule has 0 amide bonds. The molecule has 0 unspecified atom stereocenters. The molecule has 84 valence electrons. The van der Waals surface area contributed by atoms with Crippen LogP contribution in [0.15, 0.2) is 30.5 Å². The fourth-order valence-electron chi connectivity index (χ4n) is 1.77. The number of rotatable bonds is 2. The Morgan fingerprint density at radius 3 is 2.88 bits per heavy atom. The maximum atomic E-state index is 4.47. The normalized spacial score (nSPS) is 10.9. The highest BCUT2D eigenvalue weighted by molar-refractivity contribution is 6.01. The molecule has 0 bridgehead atoms. The van der Waals surface area contributed by atoms with Crippen LogP contribution in [0.3, 0.4) is 0 Å². The van der Waals surface area contributed by atoms with Crippen molar-refractivity contribution in [2.75, 3.05) is 11.9 Å². The van der Waals surface area contributed by atoms with Crippen LogP contribution in [0.5, 0.6) is 0 Å². The van der Waals surface area contributed by atoms with Gasteiger partial charge in [-0.05, 0) is 13.0 Å². The smallest absolute Gasteiger partial charge is 0.243 e. The molecule has 0 saturated carbocycles. The zero-order chi connectivity index (χ0) is 11.7. The van der Waals surface area contributed by atoms with E-state index >= 15 is 0 Å². The molecule has 0 atom stereocenters. The van der Waals surface area contributed by atoms with Crippen molar-refractivity contribution in [3.8, 4) is 0 Å². The summed E-state index contributed by atoms with van der Waals surface area (Å²) >= 11 is 0. The SMILES string of the molecule is CCNc1nnc2cnc3ccccc3c2n1. The van der Waals surface area contributed by atoms with Crippen LogP contribution >= 0.6 is 0 Å². The Hall–Kier alpha value is -2.30. The summed E-state index contributed by atoms with van der Waals surface area (Å²) in [5, 5.41) is 12.2. The molecule has 2 aromatic heterocycles. The molecule has 3 aromatic rings. The largest absolute Gasteiger partial charge is 0.353 e. The van der Waals surface area contributed by atoms with Crippen LogP contribution in [0.1, 0.15) is 6.92 Å². The summed E-state index contributed by atoms with van der Waals surface area (Å²) in [6, 6.07) is 7.89. The predicted octanol–water partition coefficient (Wildman–Crippen LogP) is 2.00. The van der Waals surface area contributed by atoms with Crippen molar-refractivity contribution in [1.82, 2.24) is 20.2 Å².